The van der Waals surface area contributed by atoms with Crippen LogP contribution in [0.4, 0.5) is 5.69 Å². The van der Waals surface area contributed by atoms with E-state index < -0.39 is 17.1 Å². The molecule has 5 heteroatoms. The Bertz CT molecular complexity index is 851. The van der Waals surface area contributed by atoms with Crippen LogP contribution in [0.1, 0.15) is 56.0 Å². The summed E-state index contributed by atoms with van der Waals surface area (Å²) in [5.41, 5.74) is 2.85. The molecule has 0 aliphatic carbocycles. The fraction of sp³-hybridized carbons (Fsp3) is 0.211. The number of hydrogen-bond acceptors (Lipinski definition) is 3. The minimum absolute atomic E-state index is 0.0713. The van der Waals surface area contributed by atoms with Crippen molar-refractivity contribution in [3.63, 3.8) is 0 Å². The number of carbonyl (C=O) groups excluding carboxylic acids is 3. The van der Waals surface area contributed by atoms with Crippen molar-refractivity contribution in [2.24, 2.45) is 0 Å². The molecule has 122 valence electrons. The zero-order chi connectivity index (χ0) is 17.4. The molecule has 24 heavy (non-hydrogen) atoms. The molecule has 2 aromatic rings. The van der Waals surface area contributed by atoms with Gasteiger partial charge >= 0.3 is 0 Å². The van der Waals surface area contributed by atoms with Crippen LogP contribution in [0.25, 0.3) is 0 Å². The third-order valence-corrected chi connectivity index (χ3v) is 4.52. The molecule has 1 aliphatic rings. The van der Waals surface area contributed by atoms with Crippen LogP contribution in [0.5, 0.6) is 0 Å². The van der Waals surface area contributed by atoms with E-state index >= 15 is 0 Å². The summed E-state index contributed by atoms with van der Waals surface area (Å²) in [7, 11) is 0. The third-order valence-electron chi connectivity index (χ3n) is 4.32. The first-order chi connectivity index (χ1) is 11.5. The van der Waals surface area contributed by atoms with Gasteiger partial charge in [0.2, 0.25) is 0 Å². The highest BCUT2D eigenvalue weighted by Gasteiger charge is 2.40. The SMILES string of the molecule is CCc1cccc(CC)c1N1C(=O)c2cccc(C(=O)Cl)c2C1=O. The third kappa shape index (κ3) is 2.34. The van der Waals surface area contributed by atoms with Crippen LogP contribution in [0.2, 0.25) is 0 Å². The average Bonchev–Trinajstić information content (AvgIpc) is 2.85. The molecular formula is C19H16ClNO3. The largest absolute Gasteiger partial charge is 0.276 e. The summed E-state index contributed by atoms with van der Waals surface area (Å²) < 4.78 is 0. The molecule has 0 spiro atoms. The maximum atomic E-state index is 13.0. The number of fused-ring (bicyclic) bond motifs is 1. The van der Waals surface area contributed by atoms with Gasteiger partial charge in [0.15, 0.2) is 0 Å². The standard InChI is InChI=1S/C19H16ClNO3/c1-3-11-7-5-8-12(4-2)16(11)21-18(23)14-10-6-9-13(17(20)22)15(14)19(21)24/h5-10H,3-4H2,1-2H3. The van der Waals surface area contributed by atoms with Crippen LogP contribution >= 0.6 is 11.6 Å². The summed E-state index contributed by atoms with van der Waals surface area (Å²) in [6.45, 7) is 3.95. The Morgan fingerprint density at radius 3 is 2.08 bits per heavy atom. The van der Waals surface area contributed by atoms with Gasteiger partial charge in [-0.05, 0) is 47.7 Å². The van der Waals surface area contributed by atoms with Gasteiger partial charge in [0.1, 0.15) is 0 Å². The van der Waals surface area contributed by atoms with E-state index in [1.165, 1.54) is 11.0 Å². The number of amides is 2. The Kier molecular flexibility index (Phi) is 4.24. The van der Waals surface area contributed by atoms with E-state index in [4.69, 9.17) is 11.6 Å². The van der Waals surface area contributed by atoms with E-state index in [-0.39, 0.29) is 16.7 Å². The maximum Gasteiger partial charge on any atom is 0.266 e. The van der Waals surface area contributed by atoms with E-state index in [2.05, 4.69) is 0 Å². The Morgan fingerprint density at radius 1 is 0.958 bits per heavy atom. The number of halogens is 1. The number of imide groups is 1. The number of benzene rings is 2. The number of anilines is 1. The fourth-order valence-electron chi connectivity index (χ4n) is 3.15. The van der Waals surface area contributed by atoms with Crippen molar-refractivity contribution in [3.05, 3.63) is 64.2 Å². The molecule has 2 amide bonds. The number of para-hydroxylation sites is 1. The van der Waals surface area contributed by atoms with Gasteiger partial charge in [0.05, 0.1) is 16.8 Å². The molecular weight excluding hydrogens is 326 g/mol. The number of carbonyl (C=O) groups is 3. The minimum atomic E-state index is -0.741. The van der Waals surface area contributed by atoms with Gasteiger partial charge < -0.3 is 0 Å². The van der Waals surface area contributed by atoms with Crippen molar-refractivity contribution >= 4 is 34.3 Å². The van der Waals surface area contributed by atoms with E-state index in [0.29, 0.717) is 18.5 Å². The first kappa shape index (κ1) is 16.4. The minimum Gasteiger partial charge on any atom is -0.276 e. The highest BCUT2D eigenvalue weighted by molar-refractivity contribution is 6.68. The molecule has 1 aliphatic heterocycles. The number of rotatable bonds is 4. The van der Waals surface area contributed by atoms with Gasteiger partial charge in [0, 0.05) is 5.56 Å². The van der Waals surface area contributed by atoms with Crippen molar-refractivity contribution in [1.82, 2.24) is 0 Å². The lowest BCUT2D eigenvalue weighted by Gasteiger charge is -2.21. The molecule has 0 radical (unpaired) electrons. The summed E-state index contributed by atoms with van der Waals surface area (Å²) in [6, 6.07) is 10.3. The monoisotopic (exact) mass is 341 g/mol. The molecule has 1 heterocycles. The predicted octanol–water partition coefficient (Wildman–Crippen LogP) is 3.99. The van der Waals surface area contributed by atoms with E-state index in [0.717, 1.165) is 11.1 Å². The molecule has 4 nitrogen and oxygen atoms in total. The Morgan fingerprint density at radius 2 is 1.54 bits per heavy atom. The molecule has 0 N–H and O–H groups in total. The Hall–Kier alpha value is -2.46. The lowest BCUT2D eigenvalue weighted by Crippen LogP contribution is -2.31. The second-order valence-corrected chi connectivity index (χ2v) is 5.92. The summed E-state index contributed by atoms with van der Waals surface area (Å²) in [5.74, 6) is -0.902. The summed E-state index contributed by atoms with van der Waals surface area (Å²) in [6.07, 6.45) is 1.38. The summed E-state index contributed by atoms with van der Waals surface area (Å²) >= 11 is 5.59. The number of nitrogens with zero attached hydrogens (tertiary/aromatic N) is 1. The van der Waals surface area contributed by atoms with Crippen LogP contribution in [0.3, 0.4) is 0 Å². The van der Waals surface area contributed by atoms with Crippen LogP contribution < -0.4 is 4.90 Å². The fourth-order valence-corrected chi connectivity index (χ4v) is 3.31. The predicted molar refractivity (Wildman–Crippen MR) is 93.0 cm³/mol. The first-order valence-electron chi connectivity index (χ1n) is 7.83. The lowest BCUT2D eigenvalue weighted by molar-refractivity contribution is 0.0922. The molecule has 2 aromatic carbocycles. The number of hydrogen-bond donors (Lipinski definition) is 0. The van der Waals surface area contributed by atoms with Crippen LogP contribution in [-0.4, -0.2) is 17.1 Å². The van der Waals surface area contributed by atoms with Crippen LogP contribution in [-0.2, 0) is 12.8 Å². The zero-order valence-corrected chi connectivity index (χ0v) is 14.2. The van der Waals surface area contributed by atoms with E-state index in [1.54, 1.807) is 12.1 Å². The zero-order valence-electron chi connectivity index (χ0n) is 13.4. The summed E-state index contributed by atoms with van der Waals surface area (Å²) in [4.78, 5) is 38.6. The van der Waals surface area contributed by atoms with E-state index in [9.17, 15) is 14.4 Å². The summed E-state index contributed by atoms with van der Waals surface area (Å²) in [5, 5.41) is -0.741. The van der Waals surface area contributed by atoms with Gasteiger partial charge in [-0.3, -0.25) is 14.4 Å². The molecule has 0 atom stereocenters. The van der Waals surface area contributed by atoms with Crippen molar-refractivity contribution in [2.45, 2.75) is 26.7 Å². The van der Waals surface area contributed by atoms with Gasteiger partial charge in [-0.2, -0.15) is 0 Å². The maximum absolute atomic E-state index is 13.0. The van der Waals surface area contributed by atoms with Crippen LogP contribution in [0.15, 0.2) is 36.4 Å². The van der Waals surface area contributed by atoms with E-state index in [1.807, 2.05) is 32.0 Å². The Balaban J connectivity index is 2.24. The van der Waals surface area contributed by atoms with Gasteiger partial charge in [0.25, 0.3) is 17.1 Å². The lowest BCUT2D eigenvalue weighted by atomic mass is 10.0. The topological polar surface area (TPSA) is 54.5 Å². The molecule has 3 rings (SSSR count). The Labute approximate surface area is 145 Å². The molecule has 0 saturated heterocycles. The number of aryl methyl sites for hydroxylation is 2. The average molecular weight is 342 g/mol. The van der Waals surface area contributed by atoms with Crippen molar-refractivity contribution < 1.29 is 14.4 Å². The normalized spacial score (nSPS) is 13.4. The van der Waals surface area contributed by atoms with Gasteiger partial charge in [-0.15, -0.1) is 0 Å². The quantitative estimate of drug-likeness (QED) is 0.624. The van der Waals surface area contributed by atoms with Crippen molar-refractivity contribution in [1.29, 1.82) is 0 Å². The molecule has 0 saturated carbocycles. The van der Waals surface area contributed by atoms with Gasteiger partial charge in [-0.1, -0.05) is 38.1 Å². The molecule has 0 aromatic heterocycles. The smallest absolute Gasteiger partial charge is 0.266 e. The van der Waals surface area contributed by atoms with Crippen LogP contribution in [0, 0.1) is 0 Å². The molecule has 0 bridgehead atoms. The molecule has 0 unspecified atom stereocenters. The van der Waals surface area contributed by atoms with Crippen molar-refractivity contribution in [2.75, 3.05) is 4.90 Å². The first-order valence-corrected chi connectivity index (χ1v) is 8.21. The van der Waals surface area contributed by atoms with Crippen molar-refractivity contribution in [3.8, 4) is 0 Å². The highest BCUT2D eigenvalue weighted by Crippen LogP contribution is 2.35. The second kappa shape index (κ2) is 6.21. The second-order valence-electron chi connectivity index (χ2n) is 5.58. The van der Waals surface area contributed by atoms with Gasteiger partial charge in [-0.25, -0.2) is 4.90 Å². The molecule has 0 fully saturated rings. The highest BCUT2D eigenvalue weighted by atomic mass is 35.5.